The van der Waals surface area contributed by atoms with Crippen molar-refractivity contribution in [3.8, 4) is 0 Å². The fourth-order valence-electron chi connectivity index (χ4n) is 3.83. The fraction of sp³-hybridized carbons (Fsp3) is 0.217. The van der Waals surface area contributed by atoms with Gasteiger partial charge in [0.25, 0.3) is 11.8 Å². The Hall–Kier alpha value is -3.45. The second-order valence-corrected chi connectivity index (χ2v) is 7.25. The molecule has 1 aliphatic heterocycles. The number of para-hydroxylation sites is 1. The highest BCUT2D eigenvalue weighted by Crippen LogP contribution is 2.31. The van der Waals surface area contributed by atoms with Crippen LogP contribution in [-0.4, -0.2) is 58.4 Å². The number of imide groups is 1. The summed E-state index contributed by atoms with van der Waals surface area (Å²) in [6, 6.07) is 13.4. The van der Waals surface area contributed by atoms with E-state index < -0.39 is 17.6 Å². The van der Waals surface area contributed by atoms with Crippen LogP contribution in [0.3, 0.4) is 0 Å². The van der Waals surface area contributed by atoms with E-state index in [9.17, 15) is 19.1 Å². The summed E-state index contributed by atoms with van der Waals surface area (Å²) in [4.78, 5) is 32.3. The lowest BCUT2D eigenvalue weighted by atomic mass is 10.0. The third kappa shape index (κ3) is 3.48. The Kier molecular flexibility index (Phi) is 5.37. The number of likely N-dealkylation sites (N-methyl/N-ethyl adjacent to an activating group) is 1. The van der Waals surface area contributed by atoms with Crippen molar-refractivity contribution in [1.29, 1.82) is 0 Å². The molecule has 0 bridgehead atoms. The number of amides is 2. The van der Waals surface area contributed by atoms with Gasteiger partial charge in [0.15, 0.2) is 0 Å². The molecule has 30 heavy (non-hydrogen) atoms. The van der Waals surface area contributed by atoms with Crippen molar-refractivity contribution in [3.63, 3.8) is 0 Å². The van der Waals surface area contributed by atoms with Crippen molar-refractivity contribution in [2.45, 2.75) is 6.42 Å². The fourth-order valence-corrected chi connectivity index (χ4v) is 3.83. The molecule has 4 rings (SSSR count). The van der Waals surface area contributed by atoms with Crippen molar-refractivity contribution in [1.82, 2.24) is 14.8 Å². The second kappa shape index (κ2) is 8.12. The van der Waals surface area contributed by atoms with Crippen LogP contribution in [0.5, 0.6) is 0 Å². The number of aliphatic hydroxyl groups excluding tert-OH is 1. The first-order valence-corrected chi connectivity index (χ1v) is 9.74. The molecule has 0 atom stereocenters. The van der Waals surface area contributed by atoms with Gasteiger partial charge in [-0.2, -0.15) is 0 Å². The average Bonchev–Trinajstić information content (AvgIpc) is 3.26. The first kappa shape index (κ1) is 19.8. The molecule has 2 N–H and O–H groups in total. The lowest BCUT2D eigenvalue weighted by Crippen LogP contribution is -2.36. The number of carbonyl (C=O) groups excluding carboxylic acids is 2. The Balaban J connectivity index is 1.64. The van der Waals surface area contributed by atoms with Crippen LogP contribution in [0.25, 0.3) is 16.5 Å². The van der Waals surface area contributed by atoms with Crippen LogP contribution in [-0.2, 0) is 16.0 Å². The predicted molar refractivity (Wildman–Crippen MR) is 112 cm³/mol. The molecule has 0 aliphatic carbocycles. The number of nitrogens with one attached hydrogen (secondary N) is 1. The summed E-state index contributed by atoms with van der Waals surface area (Å²) in [6.45, 7) is 0.267. The van der Waals surface area contributed by atoms with Gasteiger partial charge < -0.3 is 15.0 Å². The molecule has 6 nitrogen and oxygen atoms in total. The minimum absolute atomic E-state index is 0.159. The van der Waals surface area contributed by atoms with Gasteiger partial charge in [0, 0.05) is 37.2 Å². The zero-order valence-electron chi connectivity index (χ0n) is 16.6. The van der Waals surface area contributed by atoms with E-state index in [-0.39, 0.29) is 31.0 Å². The van der Waals surface area contributed by atoms with E-state index in [1.165, 1.54) is 29.2 Å². The van der Waals surface area contributed by atoms with E-state index >= 15 is 0 Å². The molecular formula is C23H22FN3O3. The third-order valence-electron chi connectivity index (χ3n) is 5.37. The van der Waals surface area contributed by atoms with Crippen LogP contribution in [0.2, 0.25) is 0 Å². The van der Waals surface area contributed by atoms with Crippen LogP contribution >= 0.6 is 0 Å². The van der Waals surface area contributed by atoms with Gasteiger partial charge in [0.2, 0.25) is 0 Å². The van der Waals surface area contributed by atoms with E-state index in [1.54, 1.807) is 11.9 Å². The number of rotatable bonds is 7. The maximum Gasteiger partial charge on any atom is 0.277 e. The summed E-state index contributed by atoms with van der Waals surface area (Å²) in [7, 11) is 1.66. The molecule has 0 fully saturated rings. The summed E-state index contributed by atoms with van der Waals surface area (Å²) in [6.07, 6.45) is 2.40. The molecule has 1 aliphatic rings. The van der Waals surface area contributed by atoms with Crippen molar-refractivity contribution in [3.05, 3.63) is 77.4 Å². The monoisotopic (exact) mass is 407 g/mol. The normalized spacial score (nSPS) is 14.3. The number of aliphatic hydroxyl groups is 1. The summed E-state index contributed by atoms with van der Waals surface area (Å²) < 4.78 is 13.4. The maximum atomic E-state index is 13.4. The molecule has 154 valence electrons. The molecule has 2 amide bonds. The molecule has 0 saturated heterocycles. The summed E-state index contributed by atoms with van der Waals surface area (Å²) in [5.74, 6) is -1.24. The Morgan fingerprint density at radius 3 is 2.53 bits per heavy atom. The van der Waals surface area contributed by atoms with Gasteiger partial charge >= 0.3 is 0 Å². The minimum atomic E-state index is -0.419. The topological polar surface area (TPSA) is 76.6 Å². The van der Waals surface area contributed by atoms with Crippen LogP contribution in [0.15, 0.2) is 60.4 Å². The van der Waals surface area contributed by atoms with E-state index in [4.69, 9.17) is 0 Å². The third-order valence-corrected chi connectivity index (χ3v) is 5.37. The SMILES string of the molecule is CN(CCO)C1=C(c2ccc(F)cc2)C(=O)N(CCc2c[nH]c3ccccc23)C1=O. The number of hydrogen-bond acceptors (Lipinski definition) is 4. The van der Waals surface area contributed by atoms with Gasteiger partial charge in [0.1, 0.15) is 11.5 Å². The van der Waals surface area contributed by atoms with Crippen LogP contribution < -0.4 is 0 Å². The molecule has 0 unspecified atom stereocenters. The van der Waals surface area contributed by atoms with Gasteiger partial charge in [-0.15, -0.1) is 0 Å². The average molecular weight is 407 g/mol. The lowest BCUT2D eigenvalue weighted by molar-refractivity contribution is -0.137. The molecule has 7 heteroatoms. The number of nitrogens with zero attached hydrogens (tertiary/aromatic N) is 2. The molecule has 3 aromatic rings. The lowest BCUT2D eigenvalue weighted by Gasteiger charge is -2.20. The summed E-state index contributed by atoms with van der Waals surface area (Å²) >= 11 is 0. The van der Waals surface area contributed by atoms with Crippen molar-refractivity contribution in [2.24, 2.45) is 0 Å². The zero-order valence-corrected chi connectivity index (χ0v) is 16.6. The van der Waals surface area contributed by atoms with E-state index in [0.29, 0.717) is 12.0 Å². The summed E-state index contributed by atoms with van der Waals surface area (Å²) in [5.41, 5.74) is 2.95. The largest absolute Gasteiger partial charge is 0.395 e. The number of aromatic amines is 1. The number of carbonyl (C=O) groups is 2. The van der Waals surface area contributed by atoms with Crippen LogP contribution in [0, 0.1) is 5.82 Å². The van der Waals surface area contributed by atoms with Crippen molar-refractivity contribution < 1.29 is 19.1 Å². The van der Waals surface area contributed by atoms with Crippen molar-refractivity contribution in [2.75, 3.05) is 26.7 Å². The predicted octanol–water partition coefficient (Wildman–Crippen LogP) is 2.55. The second-order valence-electron chi connectivity index (χ2n) is 7.25. The minimum Gasteiger partial charge on any atom is -0.395 e. The molecular weight excluding hydrogens is 385 g/mol. The number of benzene rings is 2. The highest BCUT2D eigenvalue weighted by Gasteiger charge is 2.40. The van der Waals surface area contributed by atoms with Crippen molar-refractivity contribution >= 4 is 28.3 Å². The van der Waals surface area contributed by atoms with Gasteiger partial charge in [-0.05, 0) is 35.7 Å². The standard InChI is InChI=1S/C23H22FN3O3/c1-26(12-13-28)21-20(15-6-8-17(24)9-7-15)22(29)27(23(21)30)11-10-16-14-25-19-5-3-2-4-18(16)19/h2-9,14,25,28H,10-13H2,1H3. The molecule has 2 aromatic carbocycles. The zero-order chi connectivity index (χ0) is 21.3. The van der Waals surface area contributed by atoms with Crippen LogP contribution in [0.4, 0.5) is 4.39 Å². The molecule has 2 heterocycles. The maximum absolute atomic E-state index is 13.4. The quantitative estimate of drug-likeness (QED) is 0.590. The highest BCUT2D eigenvalue weighted by molar-refractivity contribution is 6.35. The van der Waals surface area contributed by atoms with Gasteiger partial charge in [0.05, 0.1) is 12.2 Å². The number of fused-ring (bicyclic) bond motifs is 1. The van der Waals surface area contributed by atoms with E-state index in [1.807, 2.05) is 30.5 Å². The molecule has 0 saturated carbocycles. The Bertz CT molecular complexity index is 1130. The van der Waals surface area contributed by atoms with Gasteiger partial charge in [-0.3, -0.25) is 14.5 Å². The van der Waals surface area contributed by atoms with E-state index in [2.05, 4.69) is 4.98 Å². The molecule has 0 radical (unpaired) electrons. The van der Waals surface area contributed by atoms with Crippen LogP contribution in [0.1, 0.15) is 11.1 Å². The first-order chi connectivity index (χ1) is 14.5. The van der Waals surface area contributed by atoms with E-state index in [0.717, 1.165) is 16.5 Å². The number of aromatic nitrogens is 1. The Labute approximate surface area is 173 Å². The van der Waals surface area contributed by atoms with Gasteiger partial charge in [-0.1, -0.05) is 30.3 Å². The Morgan fingerprint density at radius 2 is 1.80 bits per heavy atom. The van der Waals surface area contributed by atoms with Gasteiger partial charge in [-0.25, -0.2) is 4.39 Å². The highest BCUT2D eigenvalue weighted by atomic mass is 19.1. The smallest absolute Gasteiger partial charge is 0.277 e. The summed E-state index contributed by atoms with van der Waals surface area (Å²) in [5, 5.41) is 10.4. The first-order valence-electron chi connectivity index (χ1n) is 9.74. The number of hydrogen-bond donors (Lipinski definition) is 2. The molecule has 1 aromatic heterocycles. The number of H-pyrrole nitrogens is 1. The molecule has 0 spiro atoms. The number of halogens is 1. The Morgan fingerprint density at radius 1 is 1.07 bits per heavy atom.